The highest BCUT2D eigenvalue weighted by atomic mass is 19.1. The van der Waals surface area contributed by atoms with E-state index in [4.69, 9.17) is 5.10 Å². The smallest absolute Gasteiger partial charge is 0.123 e. The zero-order valence-electron chi connectivity index (χ0n) is 16.4. The van der Waals surface area contributed by atoms with E-state index in [1.54, 1.807) is 0 Å². The van der Waals surface area contributed by atoms with Crippen LogP contribution in [-0.2, 0) is 13.1 Å². The third-order valence-corrected chi connectivity index (χ3v) is 5.55. The molecular weight excluding hydrogens is 349 g/mol. The molecule has 0 unspecified atom stereocenters. The van der Waals surface area contributed by atoms with E-state index in [1.807, 2.05) is 18.2 Å². The lowest BCUT2D eigenvalue weighted by Crippen LogP contribution is -2.25. The van der Waals surface area contributed by atoms with Gasteiger partial charge in [0, 0.05) is 29.8 Å². The lowest BCUT2D eigenvalue weighted by atomic mass is 9.96. The number of hydrogen-bond acceptors (Lipinski definition) is 2. The molecule has 3 nitrogen and oxygen atoms in total. The van der Waals surface area contributed by atoms with Crippen LogP contribution in [-0.4, -0.2) is 15.8 Å². The maximum atomic E-state index is 13.0. The molecule has 0 aliphatic heterocycles. The number of rotatable bonds is 6. The molecule has 0 bridgehead atoms. The largest absolute Gasteiger partial charge is 0.306 e. The molecule has 28 heavy (non-hydrogen) atoms. The molecular formula is C24H26FN3. The summed E-state index contributed by atoms with van der Waals surface area (Å²) in [5.74, 6) is 0.193. The van der Waals surface area contributed by atoms with Crippen molar-refractivity contribution in [3.63, 3.8) is 0 Å². The molecule has 144 valence electrons. The molecule has 1 aromatic heterocycles. The standard InChI is InChI=1S/C24H26FN3/c1-17-24(18(2)28(27-17)16-20-6-4-3-5-7-20)21-10-13-23(14-21)26-15-19-8-11-22(25)12-9-19/h3-13,21,23,26H,14-16H2,1-2H3/t21-,23+/m0/s1. The lowest BCUT2D eigenvalue weighted by molar-refractivity contribution is 0.557. The van der Waals surface area contributed by atoms with Gasteiger partial charge in [-0.15, -0.1) is 0 Å². The van der Waals surface area contributed by atoms with Gasteiger partial charge in [-0.05, 0) is 43.5 Å². The second kappa shape index (κ2) is 8.11. The van der Waals surface area contributed by atoms with Gasteiger partial charge in [-0.1, -0.05) is 54.6 Å². The van der Waals surface area contributed by atoms with E-state index in [0.29, 0.717) is 12.0 Å². The maximum Gasteiger partial charge on any atom is 0.123 e. The van der Waals surface area contributed by atoms with Crippen molar-refractivity contribution < 1.29 is 4.39 Å². The van der Waals surface area contributed by atoms with Gasteiger partial charge in [0.25, 0.3) is 0 Å². The van der Waals surface area contributed by atoms with Crippen LogP contribution in [0.3, 0.4) is 0 Å². The predicted molar refractivity (Wildman–Crippen MR) is 111 cm³/mol. The molecule has 4 rings (SSSR count). The molecule has 1 N–H and O–H groups in total. The number of hydrogen-bond donors (Lipinski definition) is 1. The van der Waals surface area contributed by atoms with Crippen molar-refractivity contribution in [1.82, 2.24) is 15.1 Å². The zero-order valence-corrected chi connectivity index (χ0v) is 16.4. The van der Waals surface area contributed by atoms with Crippen LogP contribution in [0, 0.1) is 19.7 Å². The van der Waals surface area contributed by atoms with Crippen molar-refractivity contribution in [2.24, 2.45) is 0 Å². The summed E-state index contributed by atoms with van der Waals surface area (Å²) >= 11 is 0. The first-order valence-electron chi connectivity index (χ1n) is 9.84. The molecule has 1 aliphatic rings. The minimum Gasteiger partial charge on any atom is -0.306 e. The Kier molecular flexibility index (Phi) is 5.40. The normalized spacial score (nSPS) is 18.7. The topological polar surface area (TPSA) is 29.9 Å². The summed E-state index contributed by atoms with van der Waals surface area (Å²) in [6.45, 7) is 5.83. The van der Waals surface area contributed by atoms with Gasteiger partial charge in [-0.25, -0.2) is 4.39 Å². The number of nitrogens with one attached hydrogen (secondary N) is 1. The van der Waals surface area contributed by atoms with E-state index >= 15 is 0 Å². The Morgan fingerprint density at radius 3 is 2.50 bits per heavy atom. The fourth-order valence-electron chi connectivity index (χ4n) is 4.07. The molecule has 0 amide bonds. The van der Waals surface area contributed by atoms with Gasteiger partial charge in [0.1, 0.15) is 5.82 Å². The van der Waals surface area contributed by atoms with Crippen molar-refractivity contribution in [3.05, 3.63) is 101 Å². The van der Waals surface area contributed by atoms with E-state index in [9.17, 15) is 4.39 Å². The molecule has 2 atom stereocenters. The highest BCUT2D eigenvalue weighted by Gasteiger charge is 2.25. The predicted octanol–water partition coefficient (Wildman–Crippen LogP) is 4.89. The number of allylic oxidation sites excluding steroid dienone is 1. The van der Waals surface area contributed by atoms with E-state index in [2.05, 4.69) is 60.3 Å². The average Bonchev–Trinajstić information content (AvgIpc) is 3.26. The Hall–Kier alpha value is -2.72. The van der Waals surface area contributed by atoms with Crippen molar-refractivity contribution in [3.8, 4) is 0 Å². The van der Waals surface area contributed by atoms with Crippen LogP contribution < -0.4 is 5.32 Å². The molecule has 1 aliphatic carbocycles. The van der Waals surface area contributed by atoms with Crippen LogP contribution in [0.1, 0.15) is 40.4 Å². The SMILES string of the molecule is Cc1nn(Cc2ccccc2)c(C)c1[C@H]1C=C[C@@H](NCc2ccc(F)cc2)C1. The van der Waals surface area contributed by atoms with Crippen LogP contribution in [0.15, 0.2) is 66.7 Å². The van der Waals surface area contributed by atoms with Crippen molar-refractivity contribution in [2.75, 3.05) is 0 Å². The minimum atomic E-state index is -0.192. The summed E-state index contributed by atoms with van der Waals surface area (Å²) < 4.78 is 15.2. The first kappa shape index (κ1) is 18.6. The second-order valence-corrected chi connectivity index (χ2v) is 7.57. The highest BCUT2D eigenvalue weighted by Crippen LogP contribution is 2.33. The fourth-order valence-corrected chi connectivity index (χ4v) is 4.07. The van der Waals surface area contributed by atoms with Gasteiger partial charge < -0.3 is 5.32 Å². The lowest BCUT2D eigenvalue weighted by Gasteiger charge is -2.15. The van der Waals surface area contributed by atoms with Crippen molar-refractivity contribution in [2.45, 2.75) is 45.3 Å². The quantitative estimate of drug-likeness (QED) is 0.622. The Bertz CT molecular complexity index is 958. The molecule has 1 heterocycles. The van der Waals surface area contributed by atoms with Crippen LogP contribution in [0.25, 0.3) is 0 Å². The summed E-state index contributed by atoms with van der Waals surface area (Å²) in [6.07, 6.45) is 5.58. The summed E-state index contributed by atoms with van der Waals surface area (Å²) in [6, 6.07) is 17.5. The maximum absolute atomic E-state index is 13.0. The van der Waals surface area contributed by atoms with Gasteiger partial charge in [0.05, 0.1) is 12.2 Å². The van der Waals surface area contributed by atoms with Crippen LogP contribution in [0.2, 0.25) is 0 Å². The van der Waals surface area contributed by atoms with Gasteiger partial charge in [0.2, 0.25) is 0 Å². The third-order valence-electron chi connectivity index (χ3n) is 5.55. The first-order chi connectivity index (χ1) is 13.6. The van der Waals surface area contributed by atoms with E-state index < -0.39 is 0 Å². The van der Waals surface area contributed by atoms with E-state index in [-0.39, 0.29) is 5.82 Å². The molecule has 0 saturated heterocycles. The van der Waals surface area contributed by atoms with Crippen LogP contribution >= 0.6 is 0 Å². The van der Waals surface area contributed by atoms with Crippen molar-refractivity contribution in [1.29, 1.82) is 0 Å². The number of aryl methyl sites for hydroxylation is 1. The molecule has 4 heteroatoms. The third kappa shape index (κ3) is 4.07. The van der Waals surface area contributed by atoms with Crippen LogP contribution in [0.4, 0.5) is 4.39 Å². The van der Waals surface area contributed by atoms with Crippen molar-refractivity contribution >= 4 is 0 Å². The Labute approximate surface area is 165 Å². The molecule has 0 saturated carbocycles. The summed E-state index contributed by atoms with van der Waals surface area (Å²) in [5.41, 5.74) is 6.07. The highest BCUT2D eigenvalue weighted by molar-refractivity contribution is 5.35. The fraction of sp³-hybridized carbons (Fsp3) is 0.292. The molecule has 0 spiro atoms. The number of benzene rings is 2. The number of aromatic nitrogens is 2. The summed E-state index contributed by atoms with van der Waals surface area (Å²) in [5, 5.41) is 8.37. The van der Waals surface area contributed by atoms with Crippen LogP contribution in [0.5, 0.6) is 0 Å². The average molecular weight is 375 g/mol. The van der Waals surface area contributed by atoms with E-state index in [1.165, 1.54) is 29.0 Å². The van der Waals surface area contributed by atoms with Gasteiger partial charge in [0.15, 0.2) is 0 Å². The number of nitrogens with zero attached hydrogens (tertiary/aromatic N) is 2. The Balaban J connectivity index is 1.41. The molecule has 3 aromatic rings. The van der Waals surface area contributed by atoms with E-state index in [0.717, 1.165) is 30.8 Å². The second-order valence-electron chi connectivity index (χ2n) is 7.57. The summed E-state index contributed by atoms with van der Waals surface area (Å²) in [7, 11) is 0. The Morgan fingerprint density at radius 1 is 1.00 bits per heavy atom. The summed E-state index contributed by atoms with van der Waals surface area (Å²) in [4.78, 5) is 0. The Morgan fingerprint density at radius 2 is 1.75 bits per heavy atom. The van der Waals surface area contributed by atoms with Gasteiger partial charge >= 0.3 is 0 Å². The molecule has 2 aromatic carbocycles. The zero-order chi connectivity index (χ0) is 19.5. The molecule has 0 fully saturated rings. The minimum absolute atomic E-state index is 0.192. The first-order valence-corrected chi connectivity index (χ1v) is 9.84. The number of halogens is 1. The monoisotopic (exact) mass is 375 g/mol. The van der Waals surface area contributed by atoms with Gasteiger partial charge in [-0.3, -0.25) is 4.68 Å². The molecule has 0 radical (unpaired) electrons. The van der Waals surface area contributed by atoms with Gasteiger partial charge in [-0.2, -0.15) is 5.10 Å².